The van der Waals surface area contributed by atoms with E-state index < -0.39 is 5.60 Å². The van der Waals surface area contributed by atoms with Crippen LogP contribution in [-0.4, -0.2) is 61.5 Å². The fourth-order valence-corrected chi connectivity index (χ4v) is 4.00. The van der Waals surface area contributed by atoms with Crippen molar-refractivity contribution in [2.45, 2.75) is 51.3 Å². The molecule has 0 aliphatic carbocycles. The van der Waals surface area contributed by atoms with Gasteiger partial charge in [-0.15, -0.1) is 0 Å². The SMILES string of the molecule is Cc1ccc(=O)n(CC2(O)CCN(Cc3ccnc(N4CCCC4)n3)CC2)n1. The number of aliphatic hydroxyl groups is 1. The topological polar surface area (TPSA) is 87.4 Å². The second-order valence-corrected chi connectivity index (χ2v) is 8.01. The van der Waals surface area contributed by atoms with E-state index in [1.54, 1.807) is 6.07 Å². The van der Waals surface area contributed by atoms with E-state index >= 15 is 0 Å². The average molecular weight is 384 g/mol. The predicted molar refractivity (Wildman–Crippen MR) is 106 cm³/mol. The molecule has 0 spiro atoms. The lowest BCUT2D eigenvalue weighted by atomic mass is 9.91. The van der Waals surface area contributed by atoms with Crippen molar-refractivity contribution >= 4 is 5.95 Å². The summed E-state index contributed by atoms with van der Waals surface area (Å²) >= 11 is 0. The Balaban J connectivity index is 1.35. The largest absolute Gasteiger partial charge is 0.388 e. The Hall–Kier alpha value is -2.32. The molecule has 0 atom stereocenters. The van der Waals surface area contributed by atoms with Gasteiger partial charge in [-0.2, -0.15) is 5.10 Å². The van der Waals surface area contributed by atoms with E-state index in [0.717, 1.165) is 50.1 Å². The molecule has 28 heavy (non-hydrogen) atoms. The zero-order valence-electron chi connectivity index (χ0n) is 16.4. The minimum absolute atomic E-state index is 0.170. The summed E-state index contributed by atoms with van der Waals surface area (Å²) in [6.07, 6.45) is 5.47. The summed E-state index contributed by atoms with van der Waals surface area (Å²) in [5, 5.41) is 15.2. The lowest BCUT2D eigenvalue weighted by Crippen LogP contribution is -2.48. The van der Waals surface area contributed by atoms with Crippen molar-refractivity contribution in [3.8, 4) is 0 Å². The fraction of sp³-hybridized carbons (Fsp3) is 0.600. The smallest absolute Gasteiger partial charge is 0.266 e. The van der Waals surface area contributed by atoms with E-state index in [9.17, 15) is 9.90 Å². The van der Waals surface area contributed by atoms with Crippen molar-refractivity contribution in [2.75, 3.05) is 31.1 Å². The molecule has 4 rings (SSSR count). The maximum absolute atomic E-state index is 12.0. The number of aryl methyl sites for hydroxylation is 1. The van der Waals surface area contributed by atoms with Gasteiger partial charge in [-0.25, -0.2) is 14.6 Å². The second-order valence-electron chi connectivity index (χ2n) is 8.01. The third-order valence-corrected chi connectivity index (χ3v) is 5.71. The zero-order valence-corrected chi connectivity index (χ0v) is 16.4. The highest BCUT2D eigenvalue weighted by Gasteiger charge is 2.33. The van der Waals surface area contributed by atoms with Gasteiger partial charge in [-0.05, 0) is 44.7 Å². The number of anilines is 1. The van der Waals surface area contributed by atoms with Crippen LogP contribution in [0.5, 0.6) is 0 Å². The van der Waals surface area contributed by atoms with Crippen LogP contribution in [0, 0.1) is 6.92 Å². The Morgan fingerprint density at radius 2 is 1.86 bits per heavy atom. The van der Waals surface area contributed by atoms with Gasteiger partial charge in [0, 0.05) is 45.0 Å². The van der Waals surface area contributed by atoms with Crippen molar-refractivity contribution in [1.29, 1.82) is 0 Å². The molecule has 2 saturated heterocycles. The number of piperidine rings is 1. The predicted octanol–water partition coefficient (Wildman–Crippen LogP) is 0.969. The van der Waals surface area contributed by atoms with Crippen LogP contribution in [0.4, 0.5) is 5.95 Å². The van der Waals surface area contributed by atoms with E-state index in [4.69, 9.17) is 4.98 Å². The van der Waals surface area contributed by atoms with Crippen LogP contribution in [0.1, 0.15) is 37.1 Å². The minimum Gasteiger partial charge on any atom is -0.388 e. The number of aromatic nitrogens is 4. The molecule has 0 amide bonds. The van der Waals surface area contributed by atoms with Crippen molar-refractivity contribution in [1.82, 2.24) is 24.6 Å². The highest BCUT2D eigenvalue weighted by molar-refractivity contribution is 5.31. The molecule has 0 radical (unpaired) electrons. The number of rotatable bonds is 5. The Morgan fingerprint density at radius 1 is 1.11 bits per heavy atom. The van der Waals surface area contributed by atoms with Gasteiger partial charge in [0.15, 0.2) is 0 Å². The van der Waals surface area contributed by atoms with Gasteiger partial charge in [0.1, 0.15) is 0 Å². The minimum atomic E-state index is -0.895. The second kappa shape index (κ2) is 7.97. The normalized spacial score (nSPS) is 19.9. The van der Waals surface area contributed by atoms with Crippen LogP contribution in [0.25, 0.3) is 0 Å². The summed E-state index contributed by atoms with van der Waals surface area (Å²) in [5.74, 6) is 0.827. The van der Waals surface area contributed by atoms with Gasteiger partial charge in [0.2, 0.25) is 5.95 Å². The van der Waals surface area contributed by atoms with Crippen LogP contribution >= 0.6 is 0 Å². The van der Waals surface area contributed by atoms with Gasteiger partial charge in [0.05, 0.1) is 23.5 Å². The summed E-state index contributed by atoms with van der Waals surface area (Å²) in [6.45, 7) is 6.44. The first-order chi connectivity index (χ1) is 13.5. The van der Waals surface area contributed by atoms with Crippen LogP contribution in [0.2, 0.25) is 0 Å². The molecule has 0 aromatic carbocycles. The van der Waals surface area contributed by atoms with Gasteiger partial charge in [-0.1, -0.05) is 0 Å². The van der Waals surface area contributed by atoms with Crippen molar-refractivity contribution < 1.29 is 5.11 Å². The third-order valence-electron chi connectivity index (χ3n) is 5.71. The molecule has 1 N–H and O–H groups in total. The Labute approximate surface area is 164 Å². The van der Waals surface area contributed by atoms with Crippen molar-refractivity contribution in [3.05, 3.63) is 46.1 Å². The van der Waals surface area contributed by atoms with Crippen molar-refractivity contribution in [3.63, 3.8) is 0 Å². The molecule has 2 aromatic rings. The third kappa shape index (κ3) is 4.39. The molecular weight excluding hydrogens is 356 g/mol. The fourth-order valence-electron chi connectivity index (χ4n) is 4.00. The summed E-state index contributed by atoms with van der Waals surface area (Å²) in [6, 6.07) is 5.17. The van der Waals surface area contributed by atoms with Crippen LogP contribution in [0.3, 0.4) is 0 Å². The first kappa shape index (κ1) is 19.0. The van der Waals surface area contributed by atoms with Crippen LogP contribution in [0.15, 0.2) is 29.2 Å². The number of nitrogens with zero attached hydrogens (tertiary/aromatic N) is 6. The first-order valence-corrected chi connectivity index (χ1v) is 10.1. The number of likely N-dealkylation sites (tertiary alicyclic amines) is 1. The van der Waals surface area contributed by atoms with Gasteiger partial charge >= 0.3 is 0 Å². The summed E-state index contributed by atoms with van der Waals surface area (Å²) in [7, 11) is 0. The molecule has 8 nitrogen and oxygen atoms in total. The maximum atomic E-state index is 12.0. The molecular formula is C20H28N6O2. The van der Waals surface area contributed by atoms with E-state index in [2.05, 4.69) is 19.9 Å². The van der Waals surface area contributed by atoms with Crippen LogP contribution in [-0.2, 0) is 13.1 Å². The molecule has 2 aliphatic heterocycles. The van der Waals surface area contributed by atoms with Gasteiger partial charge in [0.25, 0.3) is 5.56 Å². The molecule has 2 aromatic heterocycles. The molecule has 8 heteroatoms. The number of hydrogen-bond acceptors (Lipinski definition) is 7. The molecule has 0 bridgehead atoms. The van der Waals surface area contributed by atoms with Crippen molar-refractivity contribution in [2.24, 2.45) is 0 Å². The Bertz CT molecular complexity index is 869. The van der Waals surface area contributed by atoms with Crippen LogP contribution < -0.4 is 10.5 Å². The Morgan fingerprint density at radius 3 is 2.61 bits per heavy atom. The summed E-state index contributed by atoms with van der Waals surface area (Å²) < 4.78 is 1.39. The molecule has 150 valence electrons. The molecule has 0 unspecified atom stereocenters. The lowest BCUT2D eigenvalue weighted by molar-refractivity contribution is -0.0392. The van der Waals surface area contributed by atoms with E-state index in [1.807, 2.05) is 19.2 Å². The summed E-state index contributed by atoms with van der Waals surface area (Å²) in [5.41, 5.74) is 0.724. The quantitative estimate of drug-likeness (QED) is 0.822. The molecule has 4 heterocycles. The average Bonchev–Trinajstić information content (AvgIpc) is 3.22. The van der Waals surface area contributed by atoms with E-state index in [1.165, 1.54) is 23.6 Å². The first-order valence-electron chi connectivity index (χ1n) is 10.1. The van der Waals surface area contributed by atoms with E-state index in [-0.39, 0.29) is 12.1 Å². The monoisotopic (exact) mass is 384 g/mol. The maximum Gasteiger partial charge on any atom is 0.266 e. The summed E-state index contributed by atoms with van der Waals surface area (Å²) in [4.78, 5) is 25.7. The van der Waals surface area contributed by atoms with E-state index in [0.29, 0.717) is 12.8 Å². The molecule has 0 saturated carbocycles. The zero-order chi connectivity index (χ0) is 19.6. The standard InChI is InChI=1S/C20H28N6O2/c1-16-4-5-18(27)26(23-16)15-20(28)7-12-24(13-8-20)14-17-6-9-21-19(22-17)25-10-2-3-11-25/h4-6,9,28H,2-3,7-8,10-15H2,1H3. The molecule has 2 fully saturated rings. The van der Waals surface area contributed by atoms with Gasteiger partial charge in [-0.3, -0.25) is 9.69 Å². The lowest BCUT2D eigenvalue weighted by Gasteiger charge is -2.38. The molecule has 2 aliphatic rings. The Kier molecular flexibility index (Phi) is 5.41. The van der Waals surface area contributed by atoms with Gasteiger partial charge < -0.3 is 10.0 Å². The highest BCUT2D eigenvalue weighted by atomic mass is 16.3. The highest BCUT2D eigenvalue weighted by Crippen LogP contribution is 2.25. The number of hydrogen-bond donors (Lipinski definition) is 1.